The molecule has 3 aliphatic rings. The molecule has 3 heterocycles. The Kier molecular flexibility index (Phi) is 4.55. The van der Waals surface area contributed by atoms with E-state index in [9.17, 15) is 0 Å². The minimum atomic E-state index is 0.622. The highest BCUT2D eigenvalue weighted by molar-refractivity contribution is 5.41. The van der Waals surface area contributed by atoms with Crippen molar-refractivity contribution in [3.05, 3.63) is 11.8 Å². The van der Waals surface area contributed by atoms with Crippen molar-refractivity contribution in [1.82, 2.24) is 20.0 Å². The first-order chi connectivity index (χ1) is 11.3. The van der Waals surface area contributed by atoms with Crippen LogP contribution in [-0.2, 0) is 4.74 Å². The van der Waals surface area contributed by atoms with Gasteiger partial charge in [0.05, 0.1) is 13.2 Å². The fraction of sp³-hybridized carbons (Fsp3) is 0.824. The van der Waals surface area contributed by atoms with Crippen LogP contribution in [0, 0.1) is 0 Å². The molecular formula is C17H29N5O. The van der Waals surface area contributed by atoms with Crippen LogP contribution in [0.1, 0.15) is 31.4 Å². The Morgan fingerprint density at radius 3 is 2.61 bits per heavy atom. The van der Waals surface area contributed by atoms with Crippen molar-refractivity contribution in [2.24, 2.45) is 0 Å². The van der Waals surface area contributed by atoms with Crippen molar-refractivity contribution in [1.29, 1.82) is 0 Å². The molecule has 3 fully saturated rings. The first-order valence-corrected chi connectivity index (χ1v) is 9.14. The van der Waals surface area contributed by atoms with Crippen molar-refractivity contribution in [2.45, 2.75) is 31.7 Å². The van der Waals surface area contributed by atoms with E-state index in [-0.39, 0.29) is 0 Å². The molecule has 128 valence electrons. The van der Waals surface area contributed by atoms with Crippen LogP contribution in [0.3, 0.4) is 0 Å². The summed E-state index contributed by atoms with van der Waals surface area (Å²) in [7, 11) is 0. The predicted molar refractivity (Wildman–Crippen MR) is 91.1 cm³/mol. The maximum absolute atomic E-state index is 5.44. The fourth-order valence-electron chi connectivity index (χ4n) is 3.76. The van der Waals surface area contributed by atoms with Crippen molar-refractivity contribution in [2.75, 3.05) is 63.9 Å². The van der Waals surface area contributed by atoms with Crippen LogP contribution in [-0.4, -0.2) is 85.1 Å². The molecule has 4 rings (SSSR count). The molecule has 1 atom stereocenters. The summed E-state index contributed by atoms with van der Waals surface area (Å²) >= 11 is 0. The molecule has 6 heteroatoms. The monoisotopic (exact) mass is 319 g/mol. The number of aromatic nitrogens is 2. The molecule has 0 bridgehead atoms. The van der Waals surface area contributed by atoms with Gasteiger partial charge in [-0.2, -0.15) is 5.10 Å². The van der Waals surface area contributed by atoms with Crippen molar-refractivity contribution < 1.29 is 4.74 Å². The van der Waals surface area contributed by atoms with Crippen LogP contribution in [0.15, 0.2) is 6.07 Å². The van der Waals surface area contributed by atoms with Gasteiger partial charge < -0.3 is 9.64 Å². The van der Waals surface area contributed by atoms with Crippen LogP contribution >= 0.6 is 0 Å². The van der Waals surface area contributed by atoms with Gasteiger partial charge in [-0.15, -0.1) is 0 Å². The van der Waals surface area contributed by atoms with Crippen molar-refractivity contribution >= 4 is 5.82 Å². The smallest absolute Gasteiger partial charge is 0.150 e. The molecule has 1 unspecified atom stereocenters. The quantitative estimate of drug-likeness (QED) is 0.882. The van der Waals surface area contributed by atoms with Gasteiger partial charge in [0.2, 0.25) is 0 Å². The van der Waals surface area contributed by atoms with E-state index in [0.29, 0.717) is 6.04 Å². The summed E-state index contributed by atoms with van der Waals surface area (Å²) in [6.45, 7) is 11.9. The molecule has 6 nitrogen and oxygen atoms in total. The third-order valence-electron chi connectivity index (χ3n) is 5.49. The molecule has 0 amide bonds. The third-order valence-corrected chi connectivity index (χ3v) is 5.49. The number of ether oxygens (including phenoxy) is 1. The van der Waals surface area contributed by atoms with Gasteiger partial charge in [-0.25, -0.2) is 0 Å². The molecule has 0 radical (unpaired) electrons. The molecule has 1 saturated carbocycles. The number of hydrogen-bond donors (Lipinski definition) is 1. The number of nitrogens with zero attached hydrogens (tertiary/aromatic N) is 4. The van der Waals surface area contributed by atoms with Gasteiger partial charge in [0.15, 0.2) is 5.82 Å². The van der Waals surface area contributed by atoms with Gasteiger partial charge >= 0.3 is 0 Å². The third kappa shape index (κ3) is 3.70. The zero-order valence-corrected chi connectivity index (χ0v) is 14.2. The van der Waals surface area contributed by atoms with Gasteiger partial charge in [-0.1, -0.05) is 0 Å². The number of nitrogens with one attached hydrogen (secondary N) is 1. The summed E-state index contributed by atoms with van der Waals surface area (Å²) in [6.07, 6.45) is 2.66. The Labute approximate surface area is 138 Å². The number of H-pyrrole nitrogens is 1. The average molecular weight is 319 g/mol. The van der Waals surface area contributed by atoms with E-state index in [4.69, 9.17) is 4.74 Å². The molecule has 0 spiro atoms. The molecule has 1 aromatic rings. The standard InChI is InChI=1S/C17H29N5O/c1-14(13-20-8-10-23-11-9-20)21-4-6-22(7-5-21)17-12-16(18-19-17)15-2-3-15/h12,14-15H,2-11,13H2,1H3,(H,18,19). The van der Waals surface area contributed by atoms with E-state index >= 15 is 0 Å². The lowest BCUT2D eigenvalue weighted by Gasteiger charge is -2.40. The lowest BCUT2D eigenvalue weighted by atomic mass is 10.2. The Morgan fingerprint density at radius 1 is 1.17 bits per heavy atom. The van der Waals surface area contributed by atoms with Crippen LogP contribution in [0.2, 0.25) is 0 Å². The summed E-state index contributed by atoms with van der Waals surface area (Å²) in [6, 6.07) is 2.89. The number of piperazine rings is 1. The maximum atomic E-state index is 5.44. The fourth-order valence-corrected chi connectivity index (χ4v) is 3.76. The van der Waals surface area contributed by atoms with E-state index in [0.717, 1.165) is 70.8 Å². The van der Waals surface area contributed by atoms with E-state index in [1.807, 2.05) is 0 Å². The summed E-state index contributed by atoms with van der Waals surface area (Å²) in [5.74, 6) is 1.90. The Hall–Kier alpha value is -1.11. The molecule has 1 aliphatic carbocycles. The minimum absolute atomic E-state index is 0.622. The summed E-state index contributed by atoms with van der Waals surface area (Å²) in [5, 5.41) is 7.75. The lowest BCUT2D eigenvalue weighted by molar-refractivity contribution is 0.0239. The topological polar surface area (TPSA) is 47.6 Å². The summed E-state index contributed by atoms with van der Waals surface area (Å²) in [5.41, 5.74) is 1.34. The molecule has 0 aromatic carbocycles. The second kappa shape index (κ2) is 6.79. The van der Waals surface area contributed by atoms with Gasteiger partial charge in [0.1, 0.15) is 0 Å². The Bertz CT molecular complexity index is 501. The normalized spacial score (nSPS) is 25.7. The number of aromatic amines is 1. The Morgan fingerprint density at radius 2 is 1.91 bits per heavy atom. The van der Waals surface area contributed by atoms with Crippen molar-refractivity contribution in [3.8, 4) is 0 Å². The highest BCUT2D eigenvalue weighted by Crippen LogP contribution is 2.39. The lowest BCUT2D eigenvalue weighted by Crippen LogP contribution is -2.53. The molecule has 1 N–H and O–H groups in total. The van der Waals surface area contributed by atoms with E-state index in [1.165, 1.54) is 18.5 Å². The van der Waals surface area contributed by atoms with E-state index < -0.39 is 0 Å². The van der Waals surface area contributed by atoms with Gasteiger partial charge in [0.25, 0.3) is 0 Å². The van der Waals surface area contributed by atoms with Crippen LogP contribution in [0.5, 0.6) is 0 Å². The predicted octanol–water partition coefficient (Wildman–Crippen LogP) is 1.13. The van der Waals surface area contributed by atoms with Crippen LogP contribution in [0.4, 0.5) is 5.82 Å². The zero-order chi connectivity index (χ0) is 15.6. The van der Waals surface area contributed by atoms with Crippen LogP contribution in [0.25, 0.3) is 0 Å². The highest BCUT2D eigenvalue weighted by atomic mass is 16.5. The molecular weight excluding hydrogens is 290 g/mol. The molecule has 1 aromatic heterocycles. The van der Waals surface area contributed by atoms with E-state index in [1.54, 1.807) is 0 Å². The number of anilines is 1. The average Bonchev–Trinajstić information content (AvgIpc) is 3.33. The second-order valence-electron chi connectivity index (χ2n) is 7.24. The summed E-state index contributed by atoms with van der Waals surface area (Å²) < 4.78 is 5.44. The first kappa shape index (κ1) is 15.4. The first-order valence-electron chi connectivity index (χ1n) is 9.14. The second-order valence-corrected chi connectivity index (χ2v) is 7.24. The highest BCUT2D eigenvalue weighted by Gasteiger charge is 2.28. The zero-order valence-electron chi connectivity index (χ0n) is 14.2. The SMILES string of the molecule is CC(CN1CCOCC1)N1CCN(c2cc(C3CC3)[nH]n2)CC1. The number of morpholine rings is 1. The van der Waals surface area contributed by atoms with Crippen LogP contribution < -0.4 is 4.90 Å². The maximum Gasteiger partial charge on any atom is 0.150 e. The van der Waals surface area contributed by atoms with Gasteiger partial charge in [0, 0.05) is 69.5 Å². The summed E-state index contributed by atoms with van der Waals surface area (Å²) in [4.78, 5) is 7.59. The number of rotatable bonds is 5. The minimum Gasteiger partial charge on any atom is -0.379 e. The number of hydrogen-bond acceptors (Lipinski definition) is 5. The molecule has 23 heavy (non-hydrogen) atoms. The van der Waals surface area contributed by atoms with Gasteiger partial charge in [-0.05, 0) is 19.8 Å². The van der Waals surface area contributed by atoms with Crippen molar-refractivity contribution in [3.63, 3.8) is 0 Å². The Balaban J connectivity index is 1.26. The molecule has 2 saturated heterocycles. The largest absolute Gasteiger partial charge is 0.379 e. The van der Waals surface area contributed by atoms with Gasteiger partial charge in [-0.3, -0.25) is 14.9 Å². The molecule has 2 aliphatic heterocycles. The van der Waals surface area contributed by atoms with E-state index in [2.05, 4.69) is 37.9 Å².